The monoisotopic (exact) mass is 494 g/mol. The van der Waals surface area contributed by atoms with E-state index in [9.17, 15) is 19.2 Å². The van der Waals surface area contributed by atoms with Crippen molar-refractivity contribution >= 4 is 23.1 Å². The van der Waals surface area contributed by atoms with Crippen LogP contribution in [0, 0.1) is 39.9 Å². The summed E-state index contributed by atoms with van der Waals surface area (Å²) in [6.07, 6.45) is 10.2. The van der Waals surface area contributed by atoms with Gasteiger partial charge in [0.05, 0.1) is 11.3 Å². The van der Waals surface area contributed by atoms with Crippen LogP contribution in [0.2, 0.25) is 0 Å². The number of carbonyl (C=O) groups is 4. The van der Waals surface area contributed by atoms with E-state index in [4.69, 9.17) is 0 Å². The van der Waals surface area contributed by atoms with Gasteiger partial charge in [0, 0.05) is 5.92 Å². The fraction of sp³-hybridized carbons (Fsp3) is 0.688. The van der Waals surface area contributed by atoms with Crippen LogP contribution in [0.15, 0.2) is 34.9 Å². The molecule has 4 saturated carbocycles. The molecule has 5 atom stereocenters. The Kier molecular flexibility index (Phi) is 7.90. The van der Waals surface area contributed by atoms with Crippen LogP contribution in [0.1, 0.15) is 101 Å². The molecule has 4 rings (SSSR count). The van der Waals surface area contributed by atoms with Crippen molar-refractivity contribution in [3.8, 4) is 0 Å². The Bertz CT molecular complexity index is 1040. The molecule has 4 aliphatic rings. The van der Waals surface area contributed by atoms with Crippen LogP contribution in [0.25, 0.3) is 0 Å². The lowest BCUT2D eigenvalue weighted by atomic mass is 9.39. The zero-order valence-corrected chi connectivity index (χ0v) is 23.9. The van der Waals surface area contributed by atoms with Crippen molar-refractivity contribution in [1.82, 2.24) is 0 Å². The van der Waals surface area contributed by atoms with Crippen LogP contribution in [0.3, 0.4) is 0 Å². The van der Waals surface area contributed by atoms with Crippen LogP contribution < -0.4 is 0 Å². The van der Waals surface area contributed by atoms with E-state index in [1.165, 1.54) is 5.57 Å². The fourth-order valence-electron chi connectivity index (χ4n) is 7.24. The Morgan fingerprint density at radius 3 is 2.11 bits per heavy atom. The minimum atomic E-state index is -1.73. The lowest BCUT2D eigenvalue weighted by Gasteiger charge is -2.58. The molecule has 0 aliphatic heterocycles. The van der Waals surface area contributed by atoms with Crippen molar-refractivity contribution in [2.24, 2.45) is 39.9 Å². The first-order valence-electron chi connectivity index (χ1n) is 13.7. The van der Waals surface area contributed by atoms with Crippen molar-refractivity contribution < 1.29 is 19.2 Å². The number of Topliss-reactive ketones (excluding diaryl/α,β-unsaturated/α-hetero) is 4. The van der Waals surface area contributed by atoms with Crippen molar-refractivity contribution in [3.05, 3.63) is 34.9 Å². The van der Waals surface area contributed by atoms with Crippen LogP contribution in [0.5, 0.6) is 0 Å². The Morgan fingerprint density at radius 1 is 0.944 bits per heavy atom. The summed E-state index contributed by atoms with van der Waals surface area (Å²) < 4.78 is 0. The molecule has 0 saturated heterocycles. The first-order chi connectivity index (χ1) is 16.6. The molecule has 4 heteroatoms. The van der Waals surface area contributed by atoms with Crippen molar-refractivity contribution in [2.75, 3.05) is 0 Å². The SMILES string of the molecule is CC(C)=CCC/C(C)=C/C[C@@]12C[C@H]3C[C@@H](CC=C(C)C)[C@@H](C1=O)C(=O)[C@@](C(=O)C(C)C)(C2=O)C3(C)C. The molecule has 0 aromatic carbocycles. The Balaban J connectivity index is 2.18. The predicted octanol–water partition coefficient (Wildman–Crippen LogP) is 7.03. The Hall–Kier alpha value is -2.10. The topological polar surface area (TPSA) is 68.3 Å². The van der Waals surface area contributed by atoms with E-state index < -0.39 is 39.6 Å². The van der Waals surface area contributed by atoms with Crippen LogP contribution in [-0.4, -0.2) is 23.1 Å². The van der Waals surface area contributed by atoms with Gasteiger partial charge in [-0.1, -0.05) is 62.6 Å². The third kappa shape index (κ3) is 4.23. The summed E-state index contributed by atoms with van der Waals surface area (Å²) in [5.74, 6) is -2.88. The number of rotatable bonds is 9. The lowest BCUT2D eigenvalue weighted by Crippen LogP contribution is -2.73. The summed E-state index contributed by atoms with van der Waals surface area (Å²) in [6, 6.07) is 0. The van der Waals surface area contributed by atoms with Gasteiger partial charge in [0.25, 0.3) is 0 Å². The van der Waals surface area contributed by atoms with Gasteiger partial charge in [0.15, 0.2) is 28.5 Å². The summed E-state index contributed by atoms with van der Waals surface area (Å²) in [7, 11) is 0. The standard InChI is InChI=1S/C32H46O4/c1-19(2)11-10-12-22(7)15-16-31-18-24-17-23(14-13-20(3)4)25(27(31)34)28(35)32(29(31)36,30(24,8)9)26(33)21(5)6/h11,13,15,21,23-25H,10,12,14,16-18H2,1-9H3/b22-15+/t23-,24-,25+,31-,32+/m1/s1. The molecule has 0 heterocycles. The number of carbonyl (C=O) groups excluding carboxylic acids is 4. The van der Waals surface area contributed by atoms with Gasteiger partial charge < -0.3 is 0 Å². The van der Waals surface area contributed by atoms with Gasteiger partial charge in [-0.05, 0) is 90.4 Å². The highest BCUT2D eigenvalue weighted by molar-refractivity contribution is 6.38. The highest BCUT2D eigenvalue weighted by atomic mass is 16.2. The highest BCUT2D eigenvalue weighted by Crippen LogP contribution is 2.68. The quantitative estimate of drug-likeness (QED) is 0.255. The predicted molar refractivity (Wildman–Crippen MR) is 144 cm³/mol. The van der Waals surface area contributed by atoms with E-state index in [-0.39, 0.29) is 23.4 Å². The third-order valence-corrected chi connectivity index (χ3v) is 9.44. The zero-order valence-electron chi connectivity index (χ0n) is 23.9. The van der Waals surface area contributed by atoms with E-state index in [0.717, 1.165) is 24.0 Å². The second-order valence-electron chi connectivity index (χ2n) is 13.1. The number of allylic oxidation sites excluding steroid dienone is 6. The summed E-state index contributed by atoms with van der Waals surface area (Å²) in [6.45, 7) is 17.7. The molecule has 4 fully saturated rings. The zero-order chi connectivity index (χ0) is 27.2. The molecule has 198 valence electrons. The van der Waals surface area contributed by atoms with Crippen molar-refractivity contribution in [1.29, 1.82) is 0 Å². The number of hydrogen-bond donors (Lipinski definition) is 0. The maximum absolute atomic E-state index is 14.5. The molecule has 0 unspecified atom stereocenters. The molecule has 0 aromatic rings. The number of fused-ring (bicyclic) bond motifs is 1. The molecule has 4 aliphatic carbocycles. The summed E-state index contributed by atoms with van der Waals surface area (Å²) >= 11 is 0. The molecule has 0 amide bonds. The second-order valence-corrected chi connectivity index (χ2v) is 13.1. The molecule has 0 radical (unpaired) electrons. The van der Waals surface area contributed by atoms with Crippen LogP contribution in [0.4, 0.5) is 0 Å². The maximum Gasteiger partial charge on any atom is 0.168 e. The first-order valence-corrected chi connectivity index (χ1v) is 13.7. The second kappa shape index (κ2) is 9.99. The third-order valence-electron chi connectivity index (χ3n) is 9.44. The Morgan fingerprint density at radius 2 is 1.56 bits per heavy atom. The van der Waals surface area contributed by atoms with Crippen molar-refractivity contribution in [3.63, 3.8) is 0 Å². The van der Waals surface area contributed by atoms with Crippen molar-refractivity contribution in [2.45, 2.75) is 101 Å². The summed E-state index contributed by atoms with van der Waals surface area (Å²) in [5.41, 5.74) is -0.270. The van der Waals surface area contributed by atoms with Gasteiger partial charge in [-0.15, -0.1) is 0 Å². The minimum absolute atomic E-state index is 0.0479. The number of ketones is 4. The molecule has 0 N–H and O–H groups in total. The van der Waals surface area contributed by atoms with E-state index in [1.54, 1.807) is 13.8 Å². The van der Waals surface area contributed by atoms with Crippen LogP contribution >= 0.6 is 0 Å². The van der Waals surface area contributed by atoms with Gasteiger partial charge in [-0.3, -0.25) is 19.2 Å². The van der Waals surface area contributed by atoms with Gasteiger partial charge in [0.2, 0.25) is 0 Å². The molecular weight excluding hydrogens is 448 g/mol. The van der Waals surface area contributed by atoms with E-state index >= 15 is 0 Å². The summed E-state index contributed by atoms with van der Waals surface area (Å²) in [5, 5.41) is 0. The van der Waals surface area contributed by atoms with E-state index in [2.05, 4.69) is 26.0 Å². The highest BCUT2D eigenvalue weighted by Gasteiger charge is 2.79. The minimum Gasteiger partial charge on any atom is -0.298 e. The van der Waals surface area contributed by atoms with Gasteiger partial charge in [-0.2, -0.15) is 0 Å². The smallest absolute Gasteiger partial charge is 0.168 e. The first kappa shape index (κ1) is 28.5. The largest absolute Gasteiger partial charge is 0.298 e. The van der Waals surface area contributed by atoms with E-state index in [0.29, 0.717) is 25.7 Å². The Labute approximate surface area is 218 Å². The van der Waals surface area contributed by atoms with Crippen LogP contribution in [-0.2, 0) is 19.2 Å². The molecule has 4 bridgehead atoms. The average molecular weight is 495 g/mol. The fourth-order valence-corrected chi connectivity index (χ4v) is 7.24. The van der Waals surface area contributed by atoms with E-state index in [1.807, 2.05) is 40.7 Å². The molecular formula is C32H46O4. The molecule has 36 heavy (non-hydrogen) atoms. The molecule has 0 spiro atoms. The normalized spacial score (nSPS) is 33.1. The average Bonchev–Trinajstić information content (AvgIpc) is 2.91. The number of hydrogen-bond acceptors (Lipinski definition) is 4. The van der Waals surface area contributed by atoms with Gasteiger partial charge in [-0.25, -0.2) is 0 Å². The van der Waals surface area contributed by atoms with Gasteiger partial charge in [0.1, 0.15) is 0 Å². The molecule has 0 aromatic heterocycles. The molecule has 4 nitrogen and oxygen atoms in total. The maximum atomic E-state index is 14.5. The lowest BCUT2D eigenvalue weighted by molar-refractivity contribution is -0.184. The van der Waals surface area contributed by atoms with Gasteiger partial charge >= 0.3 is 0 Å². The summed E-state index contributed by atoms with van der Waals surface area (Å²) in [4.78, 5) is 57.1.